The lowest BCUT2D eigenvalue weighted by molar-refractivity contribution is -0.125. The van der Waals surface area contributed by atoms with Crippen LogP contribution in [0.3, 0.4) is 0 Å². The Labute approximate surface area is 112 Å². The molecule has 3 N–H and O–H groups in total. The minimum atomic E-state index is -0.573. The monoisotopic (exact) mass is 266 g/mol. The molecule has 0 radical (unpaired) electrons. The second-order valence-corrected chi connectivity index (χ2v) is 5.22. The molecule has 0 heterocycles. The lowest BCUT2D eigenvalue weighted by Crippen LogP contribution is -2.44. The van der Waals surface area contributed by atoms with Crippen LogP contribution in [0.25, 0.3) is 0 Å². The number of nitrogens with two attached hydrogens (primary N) is 1. The van der Waals surface area contributed by atoms with E-state index in [-0.39, 0.29) is 17.7 Å². The van der Waals surface area contributed by atoms with E-state index >= 15 is 0 Å². The van der Waals surface area contributed by atoms with Gasteiger partial charge in [-0.15, -0.1) is 0 Å². The second-order valence-electron chi connectivity index (χ2n) is 5.22. The smallest absolute Gasteiger partial charge is 0.231 e. The van der Waals surface area contributed by atoms with Gasteiger partial charge in [0.25, 0.3) is 0 Å². The summed E-state index contributed by atoms with van der Waals surface area (Å²) in [5.74, 6) is -0.495. The minimum absolute atomic E-state index is 0.143. The van der Waals surface area contributed by atoms with Crippen molar-refractivity contribution in [2.24, 2.45) is 11.1 Å². The zero-order valence-corrected chi connectivity index (χ0v) is 11.2. The highest BCUT2D eigenvalue weighted by molar-refractivity contribution is 5.95. The fourth-order valence-corrected chi connectivity index (χ4v) is 2.49. The molecule has 1 amide bonds. The molecule has 0 spiro atoms. The van der Waals surface area contributed by atoms with Crippen LogP contribution < -0.4 is 15.8 Å². The average Bonchev–Trinajstić information content (AvgIpc) is 2.71. The highest BCUT2D eigenvalue weighted by Crippen LogP contribution is 2.37. The summed E-state index contributed by atoms with van der Waals surface area (Å²) in [5, 5.41) is 2.73. The van der Waals surface area contributed by atoms with Crippen molar-refractivity contribution in [2.75, 3.05) is 12.4 Å². The molecule has 2 atom stereocenters. The van der Waals surface area contributed by atoms with Crippen molar-refractivity contribution in [1.82, 2.24) is 0 Å². The van der Waals surface area contributed by atoms with Gasteiger partial charge in [-0.05, 0) is 31.9 Å². The van der Waals surface area contributed by atoms with Crippen LogP contribution in [0.1, 0.15) is 26.2 Å². The van der Waals surface area contributed by atoms with E-state index in [1.54, 1.807) is 6.07 Å². The van der Waals surface area contributed by atoms with Crippen molar-refractivity contribution in [1.29, 1.82) is 0 Å². The van der Waals surface area contributed by atoms with E-state index in [9.17, 15) is 9.18 Å². The molecular weight excluding hydrogens is 247 g/mol. The molecule has 0 bridgehead atoms. The van der Waals surface area contributed by atoms with E-state index in [0.29, 0.717) is 5.69 Å². The maximum absolute atomic E-state index is 13.5. The Balaban J connectivity index is 2.13. The molecule has 1 aromatic rings. The molecule has 1 aliphatic rings. The number of methoxy groups -OCH3 is 1. The number of anilines is 1. The molecule has 2 unspecified atom stereocenters. The van der Waals surface area contributed by atoms with Crippen LogP contribution in [-0.2, 0) is 4.79 Å². The zero-order chi connectivity index (χ0) is 14.0. The minimum Gasteiger partial charge on any atom is -0.494 e. The van der Waals surface area contributed by atoms with Crippen molar-refractivity contribution in [3.63, 3.8) is 0 Å². The van der Waals surface area contributed by atoms with Crippen molar-refractivity contribution >= 4 is 11.6 Å². The molecule has 0 aliphatic heterocycles. The highest BCUT2D eigenvalue weighted by atomic mass is 19.1. The van der Waals surface area contributed by atoms with Gasteiger partial charge in [0, 0.05) is 17.8 Å². The van der Waals surface area contributed by atoms with Crippen LogP contribution in [-0.4, -0.2) is 19.1 Å². The fraction of sp³-hybridized carbons (Fsp3) is 0.500. The first-order valence-electron chi connectivity index (χ1n) is 6.38. The number of amides is 1. The lowest BCUT2D eigenvalue weighted by atomic mass is 9.84. The van der Waals surface area contributed by atoms with Crippen LogP contribution in [0, 0.1) is 11.2 Å². The summed E-state index contributed by atoms with van der Waals surface area (Å²) in [6, 6.07) is 4.21. The third kappa shape index (κ3) is 2.56. The largest absolute Gasteiger partial charge is 0.494 e. The predicted molar refractivity (Wildman–Crippen MR) is 71.5 cm³/mol. The van der Waals surface area contributed by atoms with E-state index < -0.39 is 11.2 Å². The maximum atomic E-state index is 13.5. The van der Waals surface area contributed by atoms with Gasteiger partial charge in [0.05, 0.1) is 12.5 Å². The second kappa shape index (κ2) is 5.17. The Kier molecular flexibility index (Phi) is 3.75. The normalized spacial score (nSPS) is 26.2. The SMILES string of the molecule is COc1ccc(NC(=O)C2(C)CCCC2N)cc1F. The zero-order valence-electron chi connectivity index (χ0n) is 11.2. The van der Waals surface area contributed by atoms with Gasteiger partial charge in [0.15, 0.2) is 11.6 Å². The van der Waals surface area contributed by atoms with E-state index in [2.05, 4.69) is 5.32 Å². The van der Waals surface area contributed by atoms with Crippen molar-refractivity contribution < 1.29 is 13.9 Å². The van der Waals surface area contributed by atoms with Crippen molar-refractivity contribution in [3.8, 4) is 5.75 Å². The molecule has 0 saturated heterocycles. The quantitative estimate of drug-likeness (QED) is 0.882. The first kappa shape index (κ1) is 13.8. The first-order chi connectivity index (χ1) is 8.97. The summed E-state index contributed by atoms with van der Waals surface area (Å²) in [6.07, 6.45) is 2.56. The summed E-state index contributed by atoms with van der Waals surface area (Å²) in [5.41, 5.74) is 5.84. The van der Waals surface area contributed by atoms with Gasteiger partial charge in [-0.1, -0.05) is 6.42 Å². The number of rotatable bonds is 3. The fourth-order valence-electron chi connectivity index (χ4n) is 2.49. The van der Waals surface area contributed by atoms with Gasteiger partial charge < -0.3 is 15.8 Å². The van der Waals surface area contributed by atoms with Crippen LogP contribution in [0.5, 0.6) is 5.75 Å². The molecule has 1 saturated carbocycles. The van der Waals surface area contributed by atoms with Crippen LogP contribution in [0.4, 0.5) is 10.1 Å². The molecule has 2 rings (SSSR count). The standard InChI is InChI=1S/C14H19FN2O2/c1-14(7-3-4-12(14)16)13(18)17-9-5-6-11(19-2)10(15)8-9/h5-6,8,12H,3-4,7,16H2,1-2H3,(H,17,18). The van der Waals surface area contributed by atoms with Crippen LogP contribution >= 0.6 is 0 Å². The molecule has 5 heteroatoms. The van der Waals surface area contributed by atoms with Gasteiger partial charge in [-0.25, -0.2) is 4.39 Å². The van der Waals surface area contributed by atoms with Crippen molar-refractivity contribution in [2.45, 2.75) is 32.2 Å². The Hall–Kier alpha value is -1.62. The van der Waals surface area contributed by atoms with Crippen molar-refractivity contribution in [3.05, 3.63) is 24.0 Å². The summed E-state index contributed by atoms with van der Waals surface area (Å²) in [7, 11) is 1.40. The summed E-state index contributed by atoms with van der Waals surface area (Å²) >= 11 is 0. The maximum Gasteiger partial charge on any atom is 0.231 e. The molecule has 0 aromatic heterocycles. The molecule has 1 aliphatic carbocycles. The number of carbonyl (C=O) groups is 1. The number of halogens is 1. The Bertz CT molecular complexity index is 492. The predicted octanol–water partition coefficient (Wildman–Crippen LogP) is 2.29. The molecular formula is C14H19FN2O2. The summed E-state index contributed by atoms with van der Waals surface area (Å²) in [6.45, 7) is 1.86. The Morgan fingerprint density at radius 2 is 2.32 bits per heavy atom. The number of nitrogens with one attached hydrogen (secondary N) is 1. The number of hydrogen-bond donors (Lipinski definition) is 2. The topological polar surface area (TPSA) is 64.3 Å². The summed E-state index contributed by atoms with van der Waals surface area (Å²) < 4.78 is 18.4. The molecule has 1 aromatic carbocycles. The van der Waals surface area contributed by atoms with Gasteiger partial charge >= 0.3 is 0 Å². The third-order valence-corrected chi connectivity index (χ3v) is 3.96. The third-order valence-electron chi connectivity index (χ3n) is 3.96. The molecule has 104 valence electrons. The number of benzene rings is 1. The number of carbonyl (C=O) groups excluding carboxylic acids is 1. The van der Waals surface area contributed by atoms with Crippen LogP contribution in [0.2, 0.25) is 0 Å². The van der Waals surface area contributed by atoms with Gasteiger partial charge in [0.1, 0.15) is 0 Å². The van der Waals surface area contributed by atoms with E-state index in [1.165, 1.54) is 19.2 Å². The number of ether oxygens (including phenoxy) is 1. The van der Waals surface area contributed by atoms with E-state index in [4.69, 9.17) is 10.5 Å². The van der Waals surface area contributed by atoms with Crippen LogP contribution in [0.15, 0.2) is 18.2 Å². The average molecular weight is 266 g/mol. The Morgan fingerprint density at radius 3 is 2.84 bits per heavy atom. The molecule has 19 heavy (non-hydrogen) atoms. The first-order valence-corrected chi connectivity index (χ1v) is 6.38. The summed E-state index contributed by atoms with van der Waals surface area (Å²) in [4.78, 5) is 12.3. The number of hydrogen-bond acceptors (Lipinski definition) is 3. The lowest BCUT2D eigenvalue weighted by Gasteiger charge is -2.27. The highest BCUT2D eigenvalue weighted by Gasteiger charge is 2.42. The van der Waals surface area contributed by atoms with E-state index in [1.807, 2.05) is 6.92 Å². The van der Waals surface area contributed by atoms with E-state index in [0.717, 1.165) is 19.3 Å². The Morgan fingerprint density at radius 1 is 1.58 bits per heavy atom. The molecule has 4 nitrogen and oxygen atoms in total. The van der Waals surface area contributed by atoms with Gasteiger partial charge in [-0.2, -0.15) is 0 Å². The van der Waals surface area contributed by atoms with Gasteiger partial charge in [0.2, 0.25) is 5.91 Å². The van der Waals surface area contributed by atoms with Gasteiger partial charge in [-0.3, -0.25) is 4.79 Å². The molecule has 1 fully saturated rings.